The third-order valence-corrected chi connectivity index (χ3v) is 6.02. The van der Waals surface area contributed by atoms with E-state index in [4.69, 9.17) is 16.5 Å². The van der Waals surface area contributed by atoms with Crippen LogP contribution < -0.4 is 10.2 Å². The lowest BCUT2D eigenvalue weighted by atomic mass is 9.75. The summed E-state index contributed by atoms with van der Waals surface area (Å²) in [5, 5.41) is 2.91. The fourth-order valence-corrected chi connectivity index (χ4v) is 4.02. The lowest BCUT2D eigenvalue weighted by molar-refractivity contribution is -0.156. The van der Waals surface area contributed by atoms with Crippen molar-refractivity contribution in [1.29, 1.82) is 0 Å². The van der Waals surface area contributed by atoms with Crippen molar-refractivity contribution in [2.45, 2.75) is 71.6 Å². The highest BCUT2D eigenvalue weighted by atomic mass is 35.5. The number of carbonyl (C=O) groups is 2. The highest BCUT2D eigenvalue weighted by Crippen LogP contribution is 2.35. The van der Waals surface area contributed by atoms with Gasteiger partial charge in [-0.25, -0.2) is 4.84 Å². The number of nitrogens with one attached hydrogen (secondary N) is 2. The SMILES string of the molecule is CC(C)[C@@H]1CC[C@@H](C)C[C@H]1OC(=O)C[C@@H](NC(=O)[C@H](C)NCl)c1ccccc1. The maximum absolute atomic E-state index is 12.8. The molecule has 1 fully saturated rings. The minimum Gasteiger partial charge on any atom is -0.462 e. The molecule has 5 nitrogen and oxygen atoms in total. The zero-order chi connectivity index (χ0) is 20.7. The average Bonchev–Trinajstić information content (AvgIpc) is 2.67. The summed E-state index contributed by atoms with van der Waals surface area (Å²) in [6, 6.07) is 8.47. The molecule has 0 saturated heterocycles. The number of esters is 1. The molecule has 0 aliphatic heterocycles. The normalized spacial score (nSPS) is 24.4. The molecular weight excluding hydrogens is 376 g/mol. The number of halogens is 1. The monoisotopic (exact) mass is 408 g/mol. The summed E-state index contributed by atoms with van der Waals surface area (Å²) in [6.45, 7) is 8.26. The zero-order valence-electron chi connectivity index (χ0n) is 17.3. The second kappa shape index (κ2) is 10.8. The standard InChI is InChI=1S/C22H33ClN2O3/c1-14(2)18-11-10-15(3)12-20(18)28-21(26)13-19(17-8-6-5-7-9-17)24-22(27)16(4)25-23/h5-9,14-16,18-20,25H,10-13H2,1-4H3,(H,24,27)/t15-,16+,18+,19-,20-/m1/s1. The van der Waals surface area contributed by atoms with Crippen LogP contribution in [-0.2, 0) is 14.3 Å². The molecule has 2 N–H and O–H groups in total. The van der Waals surface area contributed by atoms with Crippen molar-refractivity contribution < 1.29 is 14.3 Å². The first-order chi connectivity index (χ1) is 13.3. The smallest absolute Gasteiger partial charge is 0.308 e. The van der Waals surface area contributed by atoms with Crippen molar-refractivity contribution in [2.24, 2.45) is 17.8 Å². The quantitative estimate of drug-likeness (QED) is 0.495. The molecule has 0 unspecified atom stereocenters. The first kappa shape index (κ1) is 22.7. The van der Waals surface area contributed by atoms with Crippen LogP contribution in [0.3, 0.4) is 0 Å². The summed E-state index contributed by atoms with van der Waals surface area (Å²) in [7, 11) is 0. The summed E-state index contributed by atoms with van der Waals surface area (Å²) in [6.07, 6.45) is 3.23. The number of hydrogen-bond donors (Lipinski definition) is 2. The third-order valence-electron chi connectivity index (χ3n) is 5.69. The van der Waals surface area contributed by atoms with Gasteiger partial charge in [-0.05, 0) is 54.9 Å². The Morgan fingerprint density at radius 1 is 1.18 bits per heavy atom. The number of hydrogen-bond acceptors (Lipinski definition) is 4. The van der Waals surface area contributed by atoms with Crippen LogP contribution in [-0.4, -0.2) is 24.0 Å². The van der Waals surface area contributed by atoms with Crippen LogP contribution in [0.25, 0.3) is 0 Å². The molecule has 1 saturated carbocycles. The molecule has 0 heterocycles. The number of rotatable bonds is 8. The minimum atomic E-state index is -0.562. The molecule has 0 radical (unpaired) electrons. The van der Waals surface area contributed by atoms with E-state index in [-0.39, 0.29) is 24.4 Å². The van der Waals surface area contributed by atoms with Gasteiger partial charge in [0, 0.05) is 0 Å². The lowest BCUT2D eigenvalue weighted by Crippen LogP contribution is -2.41. The molecule has 0 aromatic heterocycles. The molecule has 156 valence electrons. The fraction of sp³-hybridized carbons (Fsp3) is 0.636. The molecule has 2 rings (SSSR count). The Bertz CT molecular complexity index is 638. The van der Waals surface area contributed by atoms with Crippen LogP contribution in [0.4, 0.5) is 0 Å². The van der Waals surface area contributed by atoms with Crippen LogP contribution in [0.15, 0.2) is 30.3 Å². The van der Waals surface area contributed by atoms with E-state index < -0.39 is 12.1 Å². The maximum Gasteiger partial charge on any atom is 0.308 e. The minimum absolute atomic E-state index is 0.0493. The Morgan fingerprint density at radius 3 is 2.46 bits per heavy atom. The molecule has 28 heavy (non-hydrogen) atoms. The number of ether oxygens (including phenoxy) is 1. The topological polar surface area (TPSA) is 67.4 Å². The lowest BCUT2D eigenvalue weighted by Gasteiger charge is -2.37. The van der Waals surface area contributed by atoms with Crippen LogP contribution in [0, 0.1) is 17.8 Å². The van der Waals surface area contributed by atoms with Gasteiger partial charge in [-0.3, -0.25) is 9.59 Å². The second-order valence-corrected chi connectivity index (χ2v) is 8.58. The van der Waals surface area contributed by atoms with E-state index in [1.54, 1.807) is 6.92 Å². The first-order valence-electron chi connectivity index (χ1n) is 10.2. The summed E-state index contributed by atoms with van der Waals surface area (Å²) in [5.74, 6) is 0.900. The molecule has 1 amide bonds. The molecule has 1 aromatic carbocycles. The summed E-state index contributed by atoms with van der Waals surface area (Å²) < 4.78 is 5.92. The van der Waals surface area contributed by atoms with E-state index >= 15 is 0 Å². The van der Waals surface area contributed by atoms with Crippen molar-refractivity contribution in [3.8, 4) is 0 Å². The second-order valence-electron chi connectivity index (χ2n) is 8.36. The Morgan fingerprint density at radius 2 is 1.86 bits per heavy atom. The average molecular weight is 409 g/mol. The highest BCUT2D eigenvalue weighted by molar-refractivity contribution is 6.15. The maximum atomic E-state index is 12.8. The first-order valence-corrected chi connectivity index (χ1v) is 10.6. The van der Waals surface area contributed by atoms with Gasteiger partial charge in [-0.2, -0.15) is 0 Å². The van der Waals surface area contributed by atoms with Crippen molar-refractivity contribution in [1.82, 2.24) is 10.2 Å². The number of amides is 1. The predicted molar refractivity (Wildman–Crippen MR) is 112 cm³/mol. The van der Waals surface area contributed by atoms with Crippen molar-refractivity contribution in [2.75, 3.05) is 0 Å². The van der Waals surface area contributed by atoms with E-state index in [9.17, 15) is 9.59 Å². The molecule has 1 aliphatic carbocycles. The van der Waals surface area contributed by atoms with Gasteiger partial charge in [0.2, 0.25) is 5.91 Å². The van der Waals surface area contributed by atoms with Crippen molar-refractivity contribution >= 4 is 23.7 Å². The number of benzene rings is 1. The molecule has 1 aromatic rings. The summed E-state index contributed by atoms with van der Waals surface area (Å²) >= 11 is 5.57. The van der Waals surface area contributed by atoms with Crippen LogP contribution in [0.1, 0.15) is 65.0 Å². The fourth-order valence-electron chi connectivity index (χ4n) is 3.92. The summed E-state index contributed by atoms with van der Waals surface area (Å²) in [5.41, 5.74) is 0.868. The Kier molecular flexibility index (Phi) is 8.77. The van der Waals surface area contributed by atoms with E-state index in [1.807, 2.05) is 30.3 Å². The van der Waals surface area contributed by atoms with E-state index in [1.165, 1.54) is 6.42 Å². The Labute approximate surface area is 173 Å². The van der Waals surface area contributed by atoms with Gasteiger partial charge in [0.25, 0.3) is 0 Å². The van der Waals surface area contributed by atoms with E-state index in [0.29, 0.717) is 17.8 Å². The Hall–Kier alpha value is -1.59. The van der Waals surface area contributed by atoms with Gasteiger partial charge in [0.1, 0.15) is 6.10 Å². The molecule has 0 spiro atoms. The van der Waals surface area contributed by atoms with Gasteiger partial charge in [0.15, 0.2) is 0 Å². The van der Waals surface area contributed by atoms with E-state index in [2.05, 4.69) is 30.9 Å². The van der Waals surface area contributed by atoms with Gasteiger partial charge in [0.05, 0.1) is 18.5 Å². The highest BCUT2D eigenvalue weighted by Gasteiger charge is 2.34. The molecule has 0 bridgehead atoms. The number of carbonyl (C=O) groups excluding carboxylic acids is 2. The zero-order valence-corrected chi connectivity index (χ0v) is 18.0. The predicted octanol–water partition coefficient (Wildman–Crippen LogP) is 4.37. The Balaban J connectivity index is 2.07. The van der Waals surface area contributed by atoms with Gasteiger partial charge < -0.3 is 10.1 Å². The summed E-state index contributed by atoms with van der Waals surface area (Å²) in [4.78, 5) is 27.5. The van der Waals surface area contributed by atoms with Crippen LogP contribution in [0.5, 0.6) is 0 Å². The van der Waals surface area contributed by atoms with Gasteiger partial charge >= 0.3 is 5.97 Å². The third kappa shape index (κ3) is 6.49. The largest absolute Gasteiger partial charge is 0.462 e. The van der Waals surface area contributed by atoms with Crippen molar-refractivity contribution in [3.63, 3.8) is 0 Å². The van der Waals surface area contributed by atoms with Crippen molar-refractivity contribution in [3.05, 3.63) is 35.9 Å². The van der Waals surface area contributed by atoms with Crippen LogP contribution >= 0.6 is 11.8 Å². The van der Waals surface area contributed by atoms with Gasteiger partial charge in [-0.15, -0.1) is 0 Å². The molecule has 6 heteroatoms. The molecular formula is C22H33ClN2O3. The van der Waals surface area contributed by atoms with E-state index in [0.717, 1.165) is 18.4 Å². The van der Waals surface area contributed by atoms with Gasteiger partial charge in [-0.1, -0.05) is 57.5 Å². The molecule has 1 aliphatic rings. The molecule has 5 atom stereocenters. The van der Waals surface area contributed by atoms with Crippen LogP contribution in [0.2, 0.25) is 0 Å².